The number of ether oxygens (including phenoxy) is 1. The molecule has 2 N–H and O–H groups in total. The Morgan fingerprint density at radius 2 is 2.05 bits per heavy atom. The van der Waals surface area contributed by atoms with Gasteiger partial charge in [-0.3, -0.25) is 14.3 Å². The van der Waals surface area contributed by atoms with E-state index in [0.29, 0.717) is 6.42 Å². The molecule has 1 aromatic heterocycles. The van der Waals surface area contributed by atoms with Gasteiger partial charge in [-0.15, -0.1) is 11.8 Å². The Morgan fingerprint density at radius 1 is 1.27 bits per heavy atom. The lowest BCUT2D eigenvalue weighted by molar-refractivity contribution is -0.0237. The average molecular weight is 320 g/mol. The van der Waals surface area contributed by atoms with Crippen LogP contribution < -0.4 is 11.2 Å². The number of aliphatic hydroxyl groups is 1. The lowest BCUT2D eigenvalue weighted by Gasteiger charge is -2.15. The number of aliphatic hydroxyl groups excluding tert-OH is 1. The van der Waals surface area contributed by atoms with E-state index in [9.17, 15) is 14.7 Å². The molecule has 0 unspecified atom stereocenters. The first kappa shape index (κ1) is 15.1. The molecule has 0 amide bonds. The van der Waals surface area contributed by atoms with Crippen molar-refractivity contribution in [2.75, 3.05) is 6.61 Å². The van der Waals surface area contributed by atoms with Crippen LogP contribution in [0.5, 0.6) is 0 Å². The maximum atomic E-state index is 11.8. The molecule has 1 aliphatic rings. The number of nitrogens with one attached hydrogen (secondary N) is 1. The molecule has 1 aliphatic heterocycles. The van der Waals surface area contributed by atoms with Crippen LogP contribution in [0, 0.1) is 0 Å². The van der Waals surface area contributed by atoms with E-state index in [1.165, 1.54) is 16.8 Å². The van der Waals surface area contributed by atoms with E-state index in [1.54, 1.807) is 11.8 Å². The van der Waals surface area contributed by atoms with E-state index in [0.717, 1.165) is 4.90 Å². The maximum Gasteiger partial charge on any atom is 0.330 e. The number of rotatable bonds is 4. The summed E-state index contributed by atoms with van der Waals surface area (Å²) in [4.78, 5) is 26.3. The molecule has 0 saturated carbocycles. The first-order chi connectivity index (χ1) is 10.7. The molecule has 22 heavy (non-hydrogen) atoms. The van der Waals surface area contributed by atoms with Gasteiger partial charge in [0.1, 0.15) is 6.23 Å². The molecule has 116 valence electrons. The van der Waals surface area contributed by atoms with Gasteiger partial charge < -0.3 is 9.84 Å². The van der Waals surface area contributed by atoms with Gasteiger partial charge >= 0.3 is 5.69 Å². The van der Waals surface area contributed by atoms with Crippen LogP contribution in [0.1, 0.15) is 12.6 Å². The zero-order valence-corrected chi connectivity index (χ0v) is 12.5. The summed E-state index contributed by atoms with van der Waals surface area (Å²) in [6.45, 7) is -0.112. The van der Waals surface area contributed by atoms with Crippen LogP contribution >= 0.6 is 11.8 Å². The molecule has 1 aromatic carbocycles. The van der Waals surface area contributed by atoms with Crippen LogP contribution in [0.2, 0.25) is 0 Å². The van der Waals surface area contributed by atoms with Crippen molar-refractivity contribution in [3.8, 4) is 0 Å². The zero-order chi connectivity index (χ0) is 15.5. The average Bonchev–Trinajstić information content (AvgIpc) is 2.91. The molecule has 0 radical (unpaired) electrons. The van der Waals surface area contributed by atoms with Crippen LogP contribution in [0.15, 0.2) is 57.1 Å². The van der Waals surface area contributed by atoms with Crippen molar-refractivity contribution in [1.29, 1.82) is 0 Å². The number of thioether (sulfide) groups is 1. The first-order valence-corrected chi connectivity index (χ1v) is 7.85. The minimum absolute atomic E-state index is 0.0382. The fraction of sp³-hybridized carbons (Fsp3) is 0.333. The van der Waals surface area contributed by atoms with Crippen molar-refractivity contribution in [1.82, 2.24) is 9.55 Å². The van der Waals surface area contributed by atoms with Gasteiger partial charge in [0.05, 0.1) is 12.7 Å². The monoisotopic (exact) mass is 320 g/mol. The van der Waals surface area contributed by atoms with E-state index in [-0.39, 0.29) is 18.0 Å². The van der Waals surface area contributed by atoms with Crippen LogP contribution in [-0.4, -0.2) is 32.6 Å². The van der Waals surface area contributed by atoms with Gasteiger partial charge in [0.2, 0.25) is 0 Å². The van der Waals surface area contributed by atoms with Crippen LogP contribution in [0.4, 0.5) is 0 Å². The molecule has 3 atom stereocenters. The lowest BCUT2D eigenvalue weighted by atomic mass is 10.2. The summed E-state index contributed by atoms with van der Waals surface area (Å²) in [5.74, 6) is 0. The highest BCUT2D eigenvalue weighted by atomic mass is 32.2. The number of hydrogen-bond acceptors (Lipinski definition) is 5. The smallest absolute Gasteiger partial charge is 0.330 e. The zero-order valence-electron chi connectivity index (χ0n) is 11.7. The van der Waals surface area contributed by atoms with Crippen molar-refractivity contribution in [3.05, 3.63) is 63.4 Å². The molecule has 7 heteroatoms. The normalized spacial score (nSPS) is 24.5. The number of aromatic amines is 1. The summed E-state index contributed by atoms with van der Waals surface area (Å²) >= 11 is 1.62. The summed E-state index contributed by atoms with van der Waals surface area (Å²) in [5.41, 5.74) is -0.937. The quantitative estimate of drug-likeness (QED) is 0.877. The Hall–Kier alpha value is -1.83. The molecule has 0 bridgehead atoms. The largest absolute Gasteiger partial charge is 0.394 e. The molecule has 2 aromatic rings. The minimum atomic E-state index is -0.500. The Balaban J connectivity index is 1.79. The van der Waals surface area contributed by atoms with E-state index >= 15 is 0 Å². The molecule has 1 saturated heterocycles. The Kier molecular flexibility index (Phi) is 4.47. The number of nitrogens with zero attached hydrogens (tertiary/aromatic N) is 1. The second-order valence-corrected chi connectivity index (χ2v) is 6.35. The third-order valence-electron chi connectivity index (χ3n) is 3.55. The molecular formula is C15H16N2O4S. The molecule has 2 heterocycles. The fourth-order valence-corrected chi connectivity index (χ4v) is 3.71. The van der Waals surface area contributed by atoms with Gasteiger partial charge in [-0.2, -0.15) is 0 Å². The van der Waals surface area contributed by atoms with Crippen LogP contribution in [0.3, 0.4) is 0 Å². The standard InChI is InChI=1S/C15H16N2O4S/c18-9-11-12(22-10-4-2-1-3-5-10)8-14(21-11)17-7-6-13(19)16-15(17)20/h1-7,11-12,14,18H,8-9H2,(H,16,19,20)/t11-,12+,14-/m1/s1. The summed E-state index contributed by atoms with van der Waals surface area (Å²) < 4.78 is 7.13. The van der Waals surface area contributed by atoms with Crippen LogP contribution in [0.25, 0.3) is 0 Å². The Morgan fingerprint density at radius 3 is 2.73 bits per heavy atom. The molecule has 6 nitrogen and oxygen atoms in total. The number of benzene rings is 1. The van der Waals surface area contributed by atoms with E-state index < -0.39 is 17.5 Å². The number of hydrogen-bond donors (Lipinski definition) is 2. The van der Waals surface area contributed by atoms with Crippen molar-refractivity contribution in [3.63, 3.8) is 0 Å². The van der Waals surface area contributed by atoms with E-state index in [4.69, 9.17) is 4.74 Å². The SMILES string of the molecule is O=c1ccn([C@H]2C[C@H](Sc3ccccc3)[C@@H](CO)O2)c(=O)[nH]1. The fourth-order valence-electron chi connectivity index (χ4n) is 2.49. The lowest BCUT2D eigenvalue weighted by Crippen LogP contribution is -2.31. The topological polar surface area (TPSA) is 84.3 Å². The third kappa shape index (κ3) is 3.16. The third-order valence-corrected chi connectivity index (χ3v) is 4.90. The van der Waals surface area contributed by atoms with Gasteiger partial charge in [-0.05, 0) is 12.1 Å². The Bertz CT molecular complexity index is 743. The van der Waals surface area contributed by atoms with Crippen LogP contribution in [-0.2, 0) is 4.74 Å². The predicted octanol–water partition coefficient (Wildman–Crippen LogP) is 0.977. The highest BCUT2D eigenvalue weighted by Gasteiger charge is 2.36. The summed E-state index contributed by atoms with van der Waals surface area (Å²) in [7, 11) is 0. The van der Waals surface area contributed by atoms with Gasteiger partial charge in [-0.1, -0.05) is 18.2 Å². The maximum absolute atomic E-state index is 11.8. The molecule has 1 fully saturated rings. The second-order valence-electron chi connectivity index (χ2n) is 5.03. The summed E-state index contributed by atoms with van der Waals surface area (Å²) in [5, 5.41) is 9.55. The molecular weight excluding hydrogens is 304 g/mol. The van der Waals surface area contributed by atoms with Gasteiger partial charge in [0, 0.05) is 28.8 Å². The van der Waals surface area contributed by atoms with Crippen molar-refractivity contribution in [2.24, 2.45) is 0 Å². The Labute approximate surface area is 130 Å². The highest BCUT2D eigenvalue weighted by molar-refractivity contribution is 8.00. The highest BCUT2D eigenvalue weighted by Crippen LogP contribution is 2.38. The minimum Gasteiger partial charge on any atom is -0.394 e. The van der Waals surface area contributed by atoms with Gasteiger partial charge in [-0.25, -0.2) is 4.79 Å². The summed E-state index contributed by atoms with van der Waals surface area (Å²) in [6.07, 6.45) is 1.17. The van der Waals surface area contributed by atoms with Crippen molar-refractivity contribution >= 4 is 11.8 Å². The number of H-pyrrole nitrogens is 1. The summed E-state index contributed by atoms with van der Waals surface area (Å²) in [6, 6.07) is 11.1. The van der Waals surface area contributed by atoms with E-state index in [1.807, 2.05) is 30.3 Å². The van der Waals surface area contributed by atoms with Gasteiger partial charge in [0.25, 0.3) is 5.56 Å². The first-order valence-electron chi connectivity index (χ1n) is 6.97. The number of aromatic nitrogens is 2. The predicted molar refractivity (Wildman–Crippen MR) is 83.0 cm³/mol. The van der Waals surface area contributed by atoms with Gasteiger partial charge in [0.15, 0.2) is 0 Å². The molecule has 0 aliphatic carbocycles. The van der Waals surface area contributed by atoms with Crippen molar-refractivity contribution in [2.45, 2.75) is 28.9 Å². The molecule has 3 rings (SSSR count). The second kappa shape index (κ2) is 6.51. The van der Waals surface area contributed by atoms with Crippen molar-refractivity contribution < 1.29 is 9.84 Å². The molecule has 0 spiro atoms. The van der Waals surface area contributed by atoms with E-state index in [2.05, 4.69) is 4.98 Å².